The Morgan fingerprint density at radius 2 is 2.30 bits per heavy atom. The van der Waals surface area contributed by atoms with E-state index in [9.17, 15) is 10.1 Å². The Balaban J connectivity index is 2.05. The molecule has 2 unspecified atom stereocenters. The fourth-order valence-corrected chi connectivity index (χ4v) is 2.93. The highest BCUT2D eigenvalue weighted by atomic mass is 35.5. The monoisotopic (exact) mass is 297 g/mol. The van der Waals surface area contributed by atoms with Crippen molar-refractivity contribution in [2.45, 2.75) is 19.9 Å². The van der Waals surface area contributed by atoms with Gasteiger partial charge < -0.3 is 5.73 Å². The fourth-order valence-electron chi connectivity index (χ4n) is 2.69. The van der Waals surface area contributed by atoms with Gasteiger partial charge in [0.25, 0.3) is 5.69 Å². The van der Waals surface area contributed by atoms with Gasteiger partial charge in [-0.3, -0.25) is 15.0 Å². The van der Waals surface area contributed by atoms with Crippen LogP contribution in [0.2, 0.25) is 5.02 Å². The number of hydrogen-bond donors (Lipinski definition) is 1. The number of nitro benzene ring substituents is 1. The molecule has 1 heterocycles. The van der Waals surface area contributed by atoms with Crippen LogP contribution in [-0.2, 0) is 6.54 Å². The molecule has 1 aliphatic heterocycles. The quantitative estimate of drug-likeness (QED) is 0.685. The molecule has 0 aliphatic carbocycles. The predicted octanol–water partition coefficient (Wildman–Crippen LogP) is 2.66. The Bertz CT molecular complexity index is 495. The van der Waals surface area contributed by atoms with Crippen LogP contribution >= 0.6 is 11.6 Å². The lowest BCUT2D eigenvalue weighted by Crippen LogP contribution is -2.42. The number of hydrogen-bond acceptors (Lipinski definition) is 4. The zero-order valence-corrected chi connectivity index (χ0v) is 12.3. The lowest BCUT2D eigenvalue weighted by molar-refractivity contribution is -0.384. The van der Waals surface area contributed by atoms with E-state index in [-0.39, 0.29) is 5.69 Å². The van der Waals surface area contributed by atoms with Crippen molar-refractivity contribution in [2.75, 3.05) is 19.6 Å². The first-order valence-electron chi connectivity index (χ1n) is 6.86. The molecule has 1 aromatic carbocycles. The summed E-state index contributed by atoms with van der Waals surface area (Å²) < 4.78 is 0. The number of nitrogens with zero attached hydrogens (tertiary/aromatic N) is 2. The molecule has 0 spiro atoms. The second kappa shape index (κ2) is 6.52. The lowest BCUT2D eigenvalue weighted by atomic mass is 9.87. The van der Waals surface area contributed by atoms with Crippen LogP contribution < -0.4 is 5.73 Å². The second-order valence-electron chi connectivity index (χ2n) is 5.53. The van der Waals surface area contributed by atoms with E-state index < -0.39 is 4.92 Å². The van der Waals surface area contributed by atoms with Gasteiger partial charge in [-0.2, -0.15) is 0 Å². The molecule has 1 aromatic rings. The number of non-ortho nitro benzene ring substituents is 1. The van der Waals surface area contributed by atoms with Gasteiger partial charge in [0.05, 0.1) is 9.95 Å². The fraction of sp³-hybridized carbons (Fsp3) is 0.571. The maximum atomic E-state index is 10.7. The molecule has 2 N–H and O–H groups in total. The molecule has 0 radical (unpaired) electrons. The molecule has 5 nitrogen and oxygen atoms in total. The highest BCUT2D eigenvalue weighted by Crippen LogP contribution is 2.27. The molecular formula is C14H20ClN3O2. The van der Waals surface area contributed by atoms with E-state index in [0.29, 0.717) is 23.4 Å². The van der Waals surface area contributed by atoms with E-state index >= 15 is 0 Å². The van der Waals surface area contributed by atoms with E-state index in [4.69, 9.17) is 17.3 Å². The molecule has 6 heteroatoms. The Hall–Kier alpha value is -1.17. The zero-order chi connectivity index (χ0) is 14.7. The van der Waals surface area contributed by atoms with Gasteiger partial charge in [-0.05, 0) is 43.0 Å². The van der Waals surface area contributed by atoms with Crippen LogP contribution in [0.3, 0.4) is 0 Å². The van der Waals surface area contributed by atoms with Crippen molar-refractivity contribution in [3.05, 3.63) is 38.9 Å². The van der Waals surface area contributed by atoms with Gasteiger partial charge in [0, 0.05) is 25.2 Å². The molecular weight excluding hydrogens is 278 g/mol. The smallest absolute Gasteiger partial charge is 0.270 e. The van der Waals surface area contributed by atoms with E-state index in [1.165, 1.54) is 12.1 Å². The molecule has 0 bridgehead atoms. The molecule has 20 heavy (non-hydrogen) atoms. The first-order chi connectivity index (χ1) is 9.51. The maximum Gasteiger partial charge on any atom is 0.270 e. The molecule has 0 amide bonds. The summed E-state index contributed by atoms with van der Waals surface area (Å²) in [5, 5.41) is 11.2. The van der Waals surface area contributed by atoms with Crippen molar-refractivity contribution in [3.8, 4) is 0 Å². The third-order valence-electron chi connectivity index (χ3n) is 4.14. The molecule has 0 aromatic heterocycles. The summed E-state index contributed by atoms with van der Waals surface area (Å²) in [7, 11) is 0. The summed E-state index contributed by atoms with van der Waals surface area (Å²) in [4.78, 5) is 12.6. The van der Waals surface area contributed by atoms with Gasteiger partial charge in [-0.25, -0.2) is 0 Å². The molecule has 0 saturated carbocycles. The van der Waals surface area contributed by atoms with E-state index in [0.717, 1.165) is 31.6 Å². The number of nitrogens with two attached hydrogens (primary N) is 1. The highest BCUT2D eigenvalue weighted by molar-refractivity contribution is 6.31. The molecule has 110 valence electrons. The summed E-state index contributed by atoms with van der Waals surface area (Å²) in [5.41, 5.74) is 6.77. The number of halogens is 1. The van der Waals surface area contributed by atoms with Crippen LogP contribution in [0.15, 0.2) is 18.2 Å². The molecule has 1 aliphatic rings. The van der Waals surface area contributed by atoms with Crippen molar-refractivity contribution < 1.29 is 4.92 Å². The summed E-state index contributed by atoms with van der Waals surface area (Å²) in [6, 6.07) is 4.67. The van der Waals surface area contributed by atoms with Crippen molar-refractivity contribution in [1.82, 2.24) is 4.90 Å². The van der Waals surface area contributed by atoms with Gasteiger partial charge in [0.1, 0.15) is 0 Å². The third kappa shape index (κ3) is 3.48. The average Bonchev–Trinajstić information content (AvgIpc) is 2.42. The van der Waals surface area contributed by atoms with E-state index in [2.05, 4.69) is 11.8 Å². The number of likely N-dealkylation sites (tertiary alicyclic amines) is 1. The van der Waals surface area contributed by atoms with Crippen molar-refractivity contribution in [2.24, 2.45) is 17.6 Å². The van der Waals surface area contributed by atoms with Gasteiger partial charge in [-0.1, -0.05) is 18.5 Å². The molecule has 1 fully saturated rings. The lowest BCUT2D eigenvalue weighted by Gasteiger charge is -2.36. The van der Waals surface area contributed by atoms with Crippen LogP contribution in [0, 0.1) is 22.0 Å². The number of benzene rings is 1. The highest BCUT2D eigenvalue weighted by Gasteiger charge is 2.25. The summed E-state index contributed by atoms with van der Waals surface area (Å²) in [6.45, 7) is 5.65. The standard InChI is InChI=1S/C14H20ClN3O2/c1-10-4-5-17(9-12(10)7-16)8-11-2-3-13(18(19)20)6-14(11)15/h2-3,6,10,12H,4-5,7-9,16H2,1H3. The zero-order valence-electron chi connectivity index (χ0n) is 11.6. The maximum absolute atomic E-state index is 10.7. The van der Waals surface area contributed by atoms with Crippen LogP contribution in [0.1, 0.15) is 18.9 Å². The normalized spacial score (nSPS) is 23.8. The van der Waals surface area contributed by atoms with E-state index in [1.807, 2.05) is 0 Å². The molecule has 2 rings (SSSR count). The van der Waals surface area contributed by atoms with Gasteiger partial charge >= 0.3 is 0 Å². The number of piperidine rings is 1. The summed E-state index contributed by atoms with van der Waals surface area (Å²) >= 11 is 6.14. The van der Waals surface area contributed by atoms with Crippen LogP contribution in [0.25, 0.3) is 0 Å². The number of rotatable bonds is 4. The topological polar surface area (TPSA) is 72.4 Å². The van der Waals surface area contributed by atoms with Crippen LogP contribution in [-0.4, -0.2) is 29.5 Å². The Morgan fingerprint density at radius 1 is 1.55 bits per heavy atom. The van der Waals surface area contributed by atoms with E-state index in [1.54, 1.807) is 6.07 Å². The first kappa shape index (κ1) is 15.2. The van der Waals surface area contributed by atoms with Crippen molar-refractivity contribution in [1.29, 1.82) is 0 Å². The first-order valence-corrected chi connectivity index (χ1v) is 7.24. The SMILES string of the molecule is CC1CCN(Cc2ccc([N+](=O)[O-])cc2Cl)CC1CN. The van der Waals surface area contributed by atoms with Crippen molar-refractivity contribution >= 4 is 17.3 Å². The predicted molar refractivity (Wildman–Crippen MR) is 79.7 cm³/mol. The number of nitro groups is 1. The third-order valence-corrected chi connectivity index (χ3v) is 4.49. The van der Waals surface area contributed by atoms with Gasteiger partial charge in [-0.15, -0.1) is 0 Å². The minimum absolute atomic E-state index is 0.0332. The second-order valence-corrected chi connectivity index (χ2v) is 5.94. The average molecular weight is 298 g/mol. The van der Waals surface area contributed by atoms with Gasteiger partial charge in [0.2, 0.25) is 0 Å². The molecule has 1 saturated heterocycles. The largest absolute Gasteiger partial charge is 0.330 e. The minimum atomic E-state index is -0.428. The summed E-state index contributed by atoms with van der Waals surface area (Å²) in [6.07, 6.45) is 1.13. The van der Waals surface area contributed by atoms with Crippen molar-refractivity contribution in [3.63, 3.8) is 0 Å². The van der Waals surface area contributed by atoms with Crippen LogP contribution in [0.4, 0.5) is 5.69 Å². The minimum Gasteiger partial charge on any atom is -0.330 e. The Morgan fingerprint density at radius 3 is 2.90 bits per heavy atom. The summed E-state index contributed by atoms with van der Waals surface area (Å²) in [5.74, 6) is 1.17. The molecule has 2 atom stereocenters. The van der Waals surface area contributed by atoms with Gasteiger partial charge in [0.15, 0.2) is 0 Å². The Kier molecular flexibility index (Phi) is 4.96. The Labute approximate surface area is 123 Å². The van der Waals surface area contributed by atoms with Crippen LogP contribution in [0.5, 0.6) is 0 Å².